The van der Waals surface area contributed by atoms with Crippen LogP contribution in [0.25, 0.3) is 0 Å². The van der Waals surface area contributed by atoms with Gasteiger partial charge >= 0.3 is 0 Å². The number of hydrogen-bond donors (Lipinski definition) is 3. The fraction of sp³-hybridized carbons (Fsp3) is 0.556. The molecular formula is C27H32F2O5S. The Bertz CT molecular complexity index is 1060. The molecule has 190 valence electrons. The molecule has 0 radical (unpaired) electrons. The van der Waals surface area contributed by atoms with Crippen LogP contribution in [0, 0.1) is 5.92 Å². The van der Waals surface area contributed by atoms with E-state index in [4.69, 9.17) is 9.47 Å². The first kappa shape index (κ1) is 25.0. The number of ether oxygens (including phenoxy) is 2. The summed E-state index contributed by atoms with van der Waals surface area (Å²) in [5, 5.41) is 31.0. The van der Waals surface area contributed by atoms with Gasteiger partial charge in [0.25, 0.3) is 0 Å². The number of thioether (sulfide) groups is 1. The number of halogens is 2. The second kappa shape index (κ2) is 9.30. The largest absolute Gasteiger partial charge is 0.496 e. The Morgan fingerprint density at radius 1 is 1.00 bits per heavy atom. The number of methoxy groups -OCH3 is 1. The van der Waals surface area contributed by atoms with Gasteiger partial charge in [0, 0.05) is 19.3 Å². The quantitative estimate of drug-likeness (QED) is 0.545. The average Bonchev–Trinajstić information content (AvgIpc) is 3.56. The van der Waals surface area contributed by atoms with Crippen LogP contribution in [0.1, 0.15) is 54.0 Å². The highest BCUT2D eigenvalue weighted by atomic mass is 32.2. The van der Waals surface area contributed by atoms with Gasteiger partial charge in [-0.1, -0.05) is 30.3 Å². The van der Waals surface area contributed by atoms with Crippen molar-refractivity contribution >= 4 is 11.8 Å². The first-order valence-corrected chi connectivity index (χ1v) is 13.3. The van der Waals surface area contributed by atoms with Gasteiger partial charge in [-0.3, -0.25) is 0 Å². The molecule has 0 amide bonds. The van der Waals surface area contributed by atoms with Gasteiger partial charge in [-0.15, -0.1) is 11.8 Å². The number of aliphatic hydroxyl groups excluding tert-OH is 3. The molecule has 2 aliphatic carbocycles. The third kappa shape index (κ3) is 4.60. The zero-order valence-corrected chi connectivity index (χ0v) is 20.7. The number of rotatable bonds is 6. The van der Waals surface area contributed by atoms with Crippen molar-refractivity contribution < 1.29 is 33.6 Å². The highest BCUT2D eigenvalue weighted by Crippen LogP contribution is 2.65. The number of fused-ring (bicyclic) bond motifs is 1. The van der Waals surface area contributed by atoms with Crippen LogP contribution in [0.15, 0.2) is 42.5 Å². The lowest BCUT2D eigenvalue weighted by Crippen LogP contribution is -2.52. The zero-order chi connectivity index (χ0) is 25.0. The molecule has 3 aliphatic rings. The predicted octanol–water partition coefficient (Wildman–Crippen LogP) is 4.21. The highest BCUT2D eigenvalue weighted by molar-refractivity contribution is 7.99. The van der Waals surface area contributed by atoms with Crippen molar-refractivity contribution in [2.45, 2.75) is 73.3 Å². The number of benzene rings is 2. The number of aliphatic hydroxyl groups is 3. The zero-order valence-electron chi connectivity index (χ0n) is 19.9. The van der Waals surface area contributed by atoms with E-state index in [0.717, 1.165) is 23.1 Å². The Hall–Kier alpha value is -1.71. The molecule has 3 fully saturated rings. The van der Waals surface area contributed by atoms with Crippen molar-refractivity contribution in [2.24, 2.45) is 5.92 Å². The summed E-state index contributed by atoms with van der Waals surface area (Å²) in [7, 11) is 1.60. The van der Waals surface area contributed by atoms with E-state index in [0.29, 0.717) is 24.2 Å². The molecule has 0 spiro atoms. The van der Waals surface area contributed by atoms with Crippen LogP contribution < -0.4 is 4.74 Å². The fourth-order valence-electron chi connectivity index (χ4n) is 5.93. The van der Waals surface area contributed by atoms with E-state index in [9.17, 15) is 24.1 Å². The second-order valence-corrected chi connectivity index (χ2v) is 11.1. The first-order chi connectivity index (χ1) is 16.7. The molecule has 8 heteroatoms. The molecule has 1 heterocycles. The minimum atomic E-state index is -2.52. The van der Waals surface area contributed by atoms with E-state index in [1.807, 2.05) is 24.3 Å². The summed E-state index contributed by atoms with van der Waals surface area (Å²) < 4.78 is 39.0. The van der Waals surface area contributed by atoms with E-state index in [1.54, 1.807) is 19.4 Å². The number of hydrogen-bond acceptors (Lipinski definition) is 6. The minimum Gasteiger partial charge on any atom is -0.496 e. The van der Waals surface area contributed by atoms with E-state index in [1.165, 1.54) is 11.8 Å². The Kier molecular flexibility index (Phi) is 6.64. The van der Waals surface area contributed by atoms with Crippen LogP contribution in [0.5, 0.6) is 5.75 Å². The minimum absolute atomic E-state index is 0.00302. The lowest BCUT2D eigenvalue weighted by Gasteiger charge is -2.40. The Balaban J connectivity index is 1.35. The van der Waals surface area contributed by atoms with Crippen LogP contribution in [-0.2, 0) is 16.6 Å². The summed E-state index contributed by atoms with van der Waals surface area (Å²) in [6, 6.07) is 13.8. The van der Waals surface area contributed by atoms with Gasteiger partial charge in [0.2, 0.25) is 5.92 Å². The van der Waals surface area contributed by atoms with E-state index in [2.05, 4.69) is 12.1 Å². The predicted molar refractivity (Wildman–Crippen MR) is 130 cm³/mol. The lowest BCUT2D eigenvalue weighted by molar-refractivity contribution is -0.200. The smallest absolute Gasteiger partial charge is 0.248 e. The fourth-order valence-corrected chi connectivity index (χ4v) is 6.60. The molecule has 5 nitrogen and oxygen atoms in total. The van der Waals surface area contributed by atoms with Gasteiger partial charge < -0.3 is 24.8 Å². The lowest BCUT2D eigenvalue weighted by atomic mass is 9.81. The van der Waals surface area contributed by atoms with E-state index in [-0.39, 0.29) is 24.2 Å². The average molecular weight is 507 g/mol. The third-order valence-corrected chi connectivity index (χ3v) is 8.93. The SMILES string of the molecule is COc1ccc(C2O[C@H](SC)[C@@H](O)[C@H](O)[C@H]2O)cc1Cc1ccc([C@]23CCC(F)(F)C[C@H]2C3)cc1. The van der Waals surface area contributed by atoms with Crippen LogP contribution in [-0.4, -0.2) is 58.4 Å². The summed E-state index contributed by atoms with van der Waals surface area (Å²) in [5.41, 5.74) is 3.07. The molecule has 1 saturated heterocycles. The second-order valence-electron chi connectivity index (χ2n) is 10.2. The van der Waals surface area contributed by atoms with Gasteiger partial charge in [-0.05, 0) is 64.8 Å². The summed E-state index contributed by atoms with van der Waals surface area (Å²) >= 11 is 1.28. The van der Waals surface area contributed by atoms with Crippen LogP contribution in [0.4, 0.5) is 8.78 Å². The molecule has 1 unspecified atom stereocenters. The van der Waals surface area contributed by atoms with Crippen molar-refractivity contribution in [3.05, 3.63) is 64.7 Å². The Morgan fingerprint density at radius 3 is 2.40 bits per heavy atom. The molecule has 35 heavy (non-hydrogen) atoms. The van der Waals surface area contributed by atoms with E-state index >= 15 is 0 Å². The first-order valence-electron chi connectivity index (χ1n) is 12.0. The van der Waals surface area contributed by atoms with Gasteiger partial charge in [0.05, 0.1) is 7.11 Å². The molecule has 5 rings (SSSR count). The van der Waals surface area contributed by atoms with Gasteiger partial charge in [-0.25, -0.2) is 8.78 Å². The molecule has 0 aromatic heterocycles. The third-order valence-electron chi connectivity index (χ3n) is 8.07. The molecule has 7 atom stereocenters. The normalized spacial score (nSPS) is 35.9. The molecule has 0 bridgehead atoms. The van der Waals surface area contributed by atoms with Crippen LogP contribution in [0.2, 0.25) is 0 Å². The molecule has 1 aliphatic heterocycles. The monoisotopic (exact) mass is 506 g/mol. The summed E-state index contributed by atoms with van der Waals surface area (Å²) in [5.74, 6) is -1.75. The van der Waals surface area contributed by atoms with Gasteiger partial charge in [0.1, 0.15) is 35.6 Å². The maximum atomic E-state index is 13.8. The summed E-state index contributed by atoms with van der Waals surface area (Å²) in [6.07, 6.45) is -0.823. The standard InChI is InChI=1S/C27H32F2O5S/c1-33-20-8-5-16(24-22(31)21(30)23(32)25(34-24)35-2)12-17(20)11-15-3-6-18(7-4-15)26-9-10-27(28,29)14-19(26)13-26/h3-8,12,19,21-25,30-32H,9-11,13-14H2,1-2H3/t19-,21-,22-,23+,24?,25-,26-/m1/s1. The van der Waals surface area contributed by atoms with Crippen molar-refractivity contribution in [1.29, 1.82) is 0 Å². The van der Waals surface area contributed by atoms with Crippen molar-refractivity contribution in [2.75, 3.05) is 13.4 Å². The molecule has 3 N–H and O–H groups in total. The van der Waals surface area contributed by atoms with Crippen LogP contribution in [0.3, 0.4) is 0 Å². The number of alkyl halides is 2. The van der Waals surface area contributed by atoms with Crippen LogP contribution >= 0.6 is 11.8 Å². The highest BCUT2D eigenvalue weighted by Gasteiger charge is 2.61. The van der Waals surface area contributed by atoms with Gasteiger partial charge in [-0.2, -0.15) is 0 Å². The molecular weight excluding hydrogens is 474 g/mol. The summed E-state index contributed by atoms with van der Waals surface area (Å²) in [4.78, 5) is 0. The van der Waals surface area contributed by atoms with Crippen molar-refractivity contribution in [3.63, 3.8) is 0 Å². The summed E-state index contributed by atoms with van der Waals surface area (Å²) in [6.45, 7) is 0. The molecule has 2 saturated carbocycles. The van der Waals surface area contributed by atoms with Crippen molar-refractivity contribution in [3.8, 4) is 5.75 Å². The van der Waals surface area contributed by atoms with Crippen molar-refractivity contribution in [1.82, 2.24) is 0 Å². The topological polar surface area (TPSA) is 79.2 Å². The van der Waals surface area contributed by atoms with Gasteiger partial charge in [0.15, 0.2) is 0 Å². The maximum absolute atomic E-state index is 13.8. The van der Waals surface area contributed by atoms with E-state index < -0.39 is 35.8 Å². The maximum Gasteiger partial charge on any atom is 0.248 e. The molecule has 2 aromatic carbocycles. The Labute approximate surface area is 208 Å². The Morgan fingerprint density at radius 2 is 1.74 bits per heavy atom. The molecule has 2 aromatic rings.